The smallest absolute Gasteiger partial charge is 0.333 e. The minimum atomic E-state index is -1.40. The third-order valence-electron chi connectivity index (χ3n) is 1.90. The summed E-state index contributed by atoms with van der Waals surface area (Å²) >= 11 is 0. The topological polar surface area (TPSA) is 84.0 Å². The van der Waals surface area contributed by atoms with Crippen molar-refractivity contribution in [2.45, 2.75) is 6.23 Å². The van der Waals surface area contributed by atoms with Crippen LogP contribution in [-0.2, 0) is 14.3 Å². The van der Waals surface area contributed by atoms with Gasteiger partial charge in [-0.3, -0.25) is 4.79 Å². The number of nitrogens with zero attached hydrogens (tertiary/aromatic N) is 3. The average Bonchev–Trinajstić information content (AvgIpc) is 2.60. The number of nitriles is 1. The molecule has 0 saturated heterocycles. The van der Waals surface area contributed by atoms with Crippen LogP contribution < -0.4 is 0 Å². The maximum absolute atomic E-state index is 11.3. The minimum absolute atomic E-state index is 0.00528. The number of hydrogen-bond acceptors (Lipinski definition) is 6. The van der Waals surface area contributed by atoms with Crippen LogP contribution >= 0.6 is 0 Å². The molecular formula is C7H9N3O3. The highest BCUT2D eigenvalue weighted by molar-refractivity contribution is 5.81. The molecule has 0 aromatic carbocycles. The maximum Gasteiger partial charge on any atom is 0.333 e. The lowest BCUT2D eigenvalue weighted by molar-refractivity contribution is -0.154. The third kappa shape index (κ3) is 1.27. The molecule has 0 aromatic heterocycles. The molecule has 0 aromatic rings. The standard InChI is InChI=1S/C7H9N3O3/c1-12-5-7(3-8,4-9-10-5)6(11)13-2/h5H,4H2,1-2H3. The van der Waals surface area contributed by atoms with Crippen LogP contribution in [0, 0.1) is 16.7 Å². The van der Waals surface area contributed by atoms with Crippen LogP contribution in [0.2, 0.25) is 0 Å². The van der Waals surface area contributed by atoms with E-state index in [9.17, 15) is 4.79 Å². The molecule has 0 aliphatic carbocycles. The van der Waals surface area contributed by atoms with Crippen molar-refractivity contribution in [3.05, 3.63) is 0 Å². The molecule has 2 atom stereocenters. The second-order valence-corrected chi connectivity index (χ2v) is 2.58. The van der Waals surface area contributed by atoms with Crippen LogP contribution in [0.5, 0.6) is 0 Å². The molecule has 1 rings (SSSR count). The second kappa shape index (κ2) is 3.49. The fourth-order valence-corrected chi connectivity index (χ4v) is 1.14. The predicted octanol–water partition coefficient (Wildman–Crippen LogP) is 0.108. The number of rotatable bonds is 2. The normalized spacial score (nSPS) is 31.3. The van der Waals surface area contributed by atoms with Crippen molar-refractivity contribution in [2.75, 3.05) is 20.8 Å². The number of esters is 1. The van der Waals surface area contributed by atoms with Crippen LogP contribution in [0.3, 0.4) is 0 Å². The summed E-state index contributed by atoms with van der Waals surface area (Å²) in [7, 11) is 2.58. The molecule has 70 valence electrons. The van der Waals surface area contributed by atoms with Crippen molar-refractivity contribution in [2.24, 2.45) is 15.6 Å². The third-order valence-corrected chi connectivity index (χ3v) is 1.90. The Kier molecular flexibility index (Phi) is 2.58. The van der Waals surface area contributed by atoms with Gasteiger partial charge in [-0.05, 0) is 0 Å². The summed E-state index contributed by atoms with van der Waals surface area (Å²) in [4.78, 5) is 11.3. The van der Waals surface area contributed by atoms with E-state index in [1.807, 2.05) is 6.07 Å². The maximum atomic E-state index is 11.3. The van der Waals surface area contributed by atoms with Gasteiger partial charge in [0.2, 0.25) is 5.41 Å². The molecule has 1 heterocycles. The summed E-state index contributed by atoms with van der Waals surface area (Å²) in [6, 6.07) is 1.84. The highest BCUT2D eigenvalue weighted by Crippen LogP contribution is 2.31. The van der Waals surface area contributed by atoms with Gasteiger partial charge in [0.05, 0.1) is 19.7 Å². The Morgan fingerprint density at radius 3 is 2.85 bits per heavy atom. The Hall–Kier alpha value is -1.48. The first-order valence-electron chi connectivity index (χ1n) is 3.60. The Bertz CT molecular complexity index is 283. The Balaban J connectivity index is 2.96. The fourth-order valence-electron chi connectivity index (χ4n) is 1.14. The number of carbonyl (C=O) groups is 1. The van der Waals surface area contributed by atoms with E-state index in [-0.39, 0.29) is 6.54 Å². The lowest BCUT2D eigenvalue weighted by Gasteiger charge is -2.20. The largest absolute Gasteiger partial charge is 0.468 e. The summed E-state index contributed by atoms with van der Waals surface area (Å²) in [6.45, 7) is -0.00528. The molecule has 6 heteroatoms. The highest BCUT2D eigenvalue weighted by atomic mass is 16.5. The highest BCUT2D eigenvalue weighted by Gasteiger charge is 2.52. The van der Waals surface area contributed by atoms with Gasteiger partial charge in [0.15, 0.2) is 6.23 Å². The SMILES string of the molecule is COC(=O)C1(C#N)CN=NC1OC. The second-order valence-electron chi connectivity index (χ2n) is 2.58. The molecular weight excluding hydrogens is 174 g/mol. The number of methoxy groups -OCH3 is 2. The minimum Gasteiger partial charge on any atom is -0.468 e. The van der Waals surface area contributed by atoms with E-state index in [1.165, 1.54) is 14.2 Å². The molecule has 2 unspecified atom stereocenters. The first kappa shape index (κ1) is 9.61. The van der Waals surface area contributed by atoms with Gasteiger partial charge < -0.3 is 9.47 Å². The molecule has 13 heavy (non-hydrogen) atoms. The summed E-state index contributed by atoms with van der Waals surface area (Å²) < 4.78 is 9.36. The van der Waals surface area contributed by atoms with E-state index in [1.54, 1.807) is 0 Å². The van der Waals surface area contributed by atoms with Crippen molar-refractivity contribution in [1.29, 1.82) is 5.26 Å². The van der Waals surface area contributed by atoms with E-state index in [0.29, 0.717) is 0 Å². The molecule has 1 aliphatic heterocycles. The van der Waals surface area contributed by atoms with Gasteiger partial charge in [-0.15, -0.1) is 0 Å². The molecule has 0 fully saturated rings. The van der Waals surface area contributed by atoms with Gasteiger partial charge >= 0.3 is 5.97 Å². The van der Waals surface area contributed by atoms with Crippen molar-refractivity contribution in [1.82, 2.24) is 0 Å². The number of hydrogen-bond donors (Lipinski definition) is 0. The first-order valence-corrected chi connectivity index (χ1v) is 3.60. The zero-order chi connectivity index (χ0) is 9.90. The van der Waals surface area contributed by atoms with Gasteiger partial charge in [-0.25, -0.2) is 0 Å². The van der Waals surface area contributed by atoms with Crippen molar-refractivity contribution < 1.29 is 14.3 Å². The Morgan fingerprint density at radius 2 is 2.38 bits per heavy atom. The van der Waals surface area contributed by atoms with Crippen LogP contribution in [0.15, 0.2) is 10.2 Å². The van der Waals surface area contributed by atoms with Crippen molar-refractivity contribution in [3.63, 3.8) is 0 Å². The summed E-state index contributed by atoms with van der Waals surface area (Å²) in [5.74, 6) is -0.660. The van der Waals surface area contributed by atoms with E-state index in [2.05, 4.69) is 15.0 Å². The van der Waals surface area contributed by atoms with Gasteiger partial charge in [-0.2, -0.15) is 15.5 Å². The van der Waals surface area contributed by atoms with Gasteiger partial charge in [0, 0.05) is 7.11 Å². The first-order chi connectivity index (χ1) is 6.21. The van der Waals surface area contributed by atoms with Gasteiger partial charge in [0.25, 0.3) is 0 Å². The molecule has 1 aliphatic rings. The Morgan fingerprint density at radius 1 is 1.69 bits per heavy atom. The molecule has 0 spiro atoms. The molecule has 0 N–H and O–H groups in total. The van der Waals surface area contributed by atoms with Crippen molar-refractivity contribution in [3.8, 4) is 6.07 Å². The summed E-state index contributed by atoms with van der Waals surface area (Å²) in [5, 5.41) is 16.1. The van der Waals surface area contributed by atoms with E-state index < -0.39 is 17.6 Å². The number of ether oxygens (including phenoxy) is 2. The van der Waals surface area contributed by atoms with Gasteiger partial charge in [0.1, 0.15) is 0 Å². The summed E-state index contributed by atoms with van der Waals surface area (Å²) in [6.07, 6.45) is -0.857. The quantitative estimate of drug-likeness (QED) is 0.568. The average molecular weight is 183 g/mol. The fraction of sp³-hybridized carbons (Fsp3) is 0.714. The van der Waals surface area contributed by atoms with Gasteiger partial charge in [-0.1, -0.05) is 0 Å². The lowest BCUT2D eigenvalue weighted by atomic mass is 9.89. The molecule has 0 bridgehead atoms. The van der Waals surface area contributed by atoms with E-state index >= 15 is 0 Å². The van der Waals surface area contributed by atoms with Crippen LogP contribution in [0.25, 0.3) is 0 Å². The van der Waals surface area contributed by atoms with Crippen LogP contribution in [-0.4, -0.2) is 33.0 Å². The Labute approximate surface area is 75.2 Å². The summed E-state index contributed by atoms with van der Waals surface area (Å²) in [5.41, 5.74) is -1.40. The zero-order valence-corrected chi connectivity index (χ0v) is 7.35. The molecule has 6 nitrogen and oxygen atoms in total. The monoisotopic (exact) mass is 183 g/mol. The van der Waals surface area contributed by atoms with E-state index in [0.717, 1.165) is 0 Å². The lowest BCUT2D eigenvalue weighted by Crippen LogP contribution is -2.41. The zero-order valence-electron chi connectivity index (χ0n) is 7.35. The molecule has 0 amide bonds. The van der Waals surface area contributed by atoms with Crippen molar-refractivity contribution >= 4 is 5.97 Å². The molecule has 0 saturated carbocycles. The number of azo groups is 1. The molecule has 0 radical (unpaired) electrons. The van der Waals surface area contributed by atoms with Crippen LogP contribution in [0.4, 0.5) is 0 Å². The number of carbonyl (C=O) groups excluding carboxylic acids is 1. The van der Waals surface area contributed by atoms with Crippen LogP contribution in [0.1, 0.15) is 0 Å². The van der Waals surface area contributed by atoms with E-state index in [4.69, 9.17) is 10.00 Å². The predicted molar refractivity (Wildman–Crippen MR) is 40.6 cm³/mol.